The number of benzene rings is 2. The fourth-order valence-electron chi connectivity index (χ4n) is 2.13. The summed E-state index contributed by atoms with van der Waals surface area (Å²) in [5.41, 5.74) is 8.66. The Morgan fingerprint density at radius 1 is 1.20 bits per heavy atom. The van der Waals surface area contributed by atoms with Gasteiger partial charge < -0.3 is 11.1 Å². The first kappa shape index (κ1) is 14.1. The second-order valence-corrected chi connectivity index (χ2v) is 4.85. The highest BCUT2D eigenvalue weighted by Crippen LogP contribution is 2.23. The lowest BCUT2D eigenvalue weighted by Gasteiger charge is -2.19. The van der Waals surface area contributed by atoms with Crippen LogP contribution in [-0.4, -0.2) is 5.91 Å². The van der Waals surface area contributed by atoms with Crippen LogP contribution in [-0.2, 0) is 4.79 Å². The van der Waals surface area contributed by atoms with E-state index in [4.69, 9.17) is 5.73 Å². The number of primary amides is 1. The number of aryl methyl sites for hydroxylation is 2. The summed E-state index contributed by atoms with van der Waals surface area (Å²) in [5, 5.41) is 3.06. The Labute approximate surface area is 117 Å². The Morgan fingerprint density at radius 3 is 2.60 bits per heavy atom. The van der Waals surface area contributed by atoms with Gasteiger partial charge in [0.05, 0.1) is 0 Å². The van der Waals surface area contributed by atoms with Gasteiger partial charge in [0.15, 0.2) is 0 Å². The van der Waals surface area contributed by atoms with Gasteiger partial charge in [-0.25, -0.2) is 4.39 Å². The summed E-state index contributed by atoms with van der Waals surface area (Å²) < 4.78 is 13.4. The Hall–Kier alpha value is -2.36. The first-order valence-corrected chi connectivity index (χ1v) is 6.36. The van der Waals surface area contributed by atoms with E-state index in [2.05, 4.69) is 5.32 Å². The van der Waals surface area contributed by atoms with E-state index in [1.54, 1.807) is 6.07 Å². The van der Waals surface area contributed by atoms with Crippen LogP contribution in [0.15, 0.2) is 42.5 Å². The summed E-state index contributed by atoms with van der Waals surface area (Å²) in [6, 6.07) is 11.2. The van der Waals surface area contributed by atoms with E-state index in [1.165, 1.54) is 12.1 Å². The number of carbonyl (C=O) groups excluding carboxylic acids is 1. The van der Waals surface area contributed by atoms with Crippen molar-refractivity contribution in [3.8, 4) is 0 Å². The lowest BCUT2D eigenvalue weighted by Crippen LogP contribution is -2.28. The summed E-state index contributed by atoms with van der Waals surface area (Å²) >= 11 is 0. The van der Waals surface area contributed by atoms with Crippen LogP contribution in [0.5, 0.6) is 0 Å². The van der Waals surface area contributed by atoms with Gasteiger partial charge >= 0.3 is 0 Å². The fourth-order valence-corrected chi connectivity index (χ4v) is 2.13. The second kappa shape index (κ2) is 5.74. The van der Waals surface area contributed by atoms with E-state index in [0.717, 1.165) is 16.8 Å². The van der Waals surface area contributed by atoms with E-state index in [9.17, 15) is 9.18 Å². The number of carbonyl (C=O) groups is 1. The number of nitrogens with one attached hydrogen (secondary N) is 1. The molecule has 1 amide bonds. The van der Waals surface area contributed by atoms with Gasteiger partial charge in [-0.1, -0.05) is 18.2 Å². The molecular formula is C16H17FN2O. The number of nitrogens with two attached hydrogens (primary N) is 1. The maximum atomic E-state index is 13.4. The van der Waals surface area contributed by atoms with E-state index < -0.39 is 11.9 Å². The van der Waals surface area contributed by atoms with Crippen LogP contribution >= 0.6 is 0 Å². The molecule has 1 unspecified atom stereocenters. The SMILES string of the molecule is Cc1cccc(NC(C(N)=O)c2cc(F)ccc2C)c1. The zero-order chi connectivity index (χ0) is 14.7. The van der Waals surface area contributed by atoms with Crippen molar-refractivity contribution < 1.29 is 9.18 Å². The predicted octanol–water partition coefficient (Wildman–Crippen LogP) is 3.08. The summed E-state index contributed by atoms with van der Waals surface area (Å²) in [5.74, 6) is -0.928. The van der Waals surface area contributed by atoms with Gasteiger partial charge in [0.1, 0.15) is 11.9 Å². The van der Waals surface area contributed by atoms with Crippen molar-refractivity contribution in [2.45, 2.75) is 19.9 Å². The lowest BCUT2D eigenvalue weighted by atomic mass is 10.00. The summed E-state index contributed by atoms with van der Waals surface area (Å²) in [6.07, 6.45) is 0. The van der Waals surface area contributed by atoms with Crippen molar-refractivity contribution in [3.63, 3.8) is 0 Å². The maximum Gasteiger partial charge on any atom is 0.244 e. The molecule has 0 saturated carbocycles. The quantitative estimate of drug-likeness (QED) is 0.898. The molecule has 0 fully saturated rings. The van der Waals surface area contributed by atoms with Crippen LogP contribution in [0.1, 0.15) is 22.7 Å². The molecule has 2 rings (SSSR count). The molecule has 1 atom stereocenters. The van der Waals surface area contributed by atoms with Gasteiger partial charge in [0.2, 0.25) is 5.91 Å². The van der Waals surface area contributed by atoms with Gasteiger partial charge in [-0.3, -0.25) is 4.79 Å². The number of rotatable bonds is 4. The number of hydrogen-bond donors (Lipinski definition) is 2. The first-order valence-electron chi connectivity index (χ1n) is 6.36. The number of hydrogen-bond acceptors (Lipinski definition) is 2. The van der Waals surface area contributed by atoms with Crippen molar-refractivity contribution in [1.82, 2.24) is 0 Å². The molecule has 0 bridgehead atoms. The Kier molecular flexibility index (Phi) is 4.03. The molecule has 2 aromatic carbocycles. The number of halogens is 1. The van der Waals surface area contributed by atoms with Crippen LogP contribution in [0.25, 0.3) is 0 Å². The van der Waals surface area contributed by atoms with Crippen LogP contribution in [0.2, 0.25) is 0 Å². The minimum atomic E-state index is -0.757. The second-order valence-electron chi connectivity index (χ2n) is 4.85. The average molecular weight is 272 g/mol. The van der Waals surface area contributed by atoms with Crippen LogP contribution in [0, 0.1) is 19.7 Å². The largest absolute Gasteiger partial charge is 0.370 e. The van der Waals surface area contributed by atoms with Crippen molar-refractivity contribution in [1.29, 1.82) is 0 Å². The monoisotopic (exact) mass is 272 g/mol. The van der Waals surface area contributed by atoms with E-state index in [1.807, 2.05) is 38.1 Å². The Morgan fingerprint density at radius 2 is 1.95 bits per heavy atom. The summed E-state index contributed by atoms with van der Waals surface area (Å²) in [7, 11) is 0. The minimum absolute atomic E-state index is 0.386. The third-order valence-corrected chi connectivity index (χ3v) is 3.17. The van der Waals surface area contributed by atoms with E-state index >= 15 is 0 Å². The third kappa shape index (κ3) is 3.15. The first-order chi connectivity index (χ1) is 9.47. The molecule has 0 aromatic heterocycles. The maximum absolute atomic E-state index is 13.4. The molecule has 0 spiro atoms. The third-order valence-electron chi connectivity index (χ3n) is 3.17. The number of amides is 1. The molecule has 0 saturated heterocycles. The minimum Gasteiger partial charge on any atom is -0.370 e. The van der Waals surface area contributed by atoms with Gasteiger partial charge in [-0.15, -0.1) is 0 Å². The highest BCUT2D eigenvalue weighted by molar-refractivity contribution is 5.85. The number of anilines is 1. The molecule has 0 aliphatic heterocycles. The zero-order valence-corrected chi connectivity index (χ0v) is 11.5. The molecular weight excluding hydrogens is 255 g/mol. The molecule has 20 heavy (non-hydrogen) atoms. The van der Waals surface area contributed by atoms with Crippen LogP contribution in [0.3, 0.4) is 0 Å². The highest BCUT2D eigenvalue weighted by atomic mass is 19.1. The van der Waals surface area contributed by atoms with Crippen LogP contribution in [0.4, 0.5) is 10.1 Å². The van der Waals surface area contributed by atoms with Crippen molar-refractivity contribution >= 4 is 11.6 Å². The van der Waals surface area contributed by atoms with Crippen molar-refractivity contribution in [3.05, 3.63) is 65.0 Å². The average Bonchev–Trinajstić information content (AvgIpc) is 2.39. The zero-order valence-electron chi connectivity index (χ0n) is 11.5. The Bertz CT molecular complexity index is 640. The smallest absolute Gasteiger partial charge is 0.244 e. The topological polar surface area (TPSA) is 55.1 Å². The molecule has 4 heteroatoms. The predicted molar refractivity (Wildman–Crippen MR) is 77.9 cm³/mol. The molecule has 0 aliphatic rings. The summed E-state index contributed by atoms with van der Waals surface area (Å²) in [4.78, 5) is 11.7. The molecule has 0 aliphatic carbocycles. The van der Waals surface area contributed by atoms with Gasteiger partial charge in [-0.05, 0) is 54.8 Å². The molecule has 3 N–H and O–H groups in total. The van der Waals surface area contributed by atoms with Crippen LogP contribution < -0.4 is 11.1 Å². The molecule has 2 aromatic rings. The molecule has 104 valence electrons. The van der Waals surface area contributed by atoms with E-state index in [0.29, 0.717) is 5.56 Å². The van der Waals surface area contributed by atoms with Gasteiger partial charge in [-0.2, -0.15) is 0 Å². The standard InChI is InChI=1S/C16H17FN2O/c1-10-4-3-5-13(8-10)19-15(16(18)20)14-9-12(17)7-6-11(14)2/h3-9,15,19H,1-2H3,(H2,18,20). The molecule has 0 heterocycles. The molecule has 3 nitrogen and oxygen atoms in total. The van der Waals surface area contributed by atoms with Gasteiger partial charge in [0, 0.05) is 5.69 Å². The lowest BCUT2D eigenvalue weighted by molar-refractivity contribution is -0.118. The Balaban J connectivity index is 2.37. The highest BCUT2D eigenvalue weighted by Gasteiger charge is 2.20. The fraction of sp³-hybridized carbons (Fsp3) is 0.188. The normalized spacial score (nSPS) is 11.9. The van der Waals surface area contributed by atoms with E-state index in [-0.39, 0.29) is 5.82 Å². The summed E-state index contributed by atoms with van der Waals surface area (Å²) in [6.45, 7) is 3.78. The molecule has 0 radical (unpaired) electrons. The van der Waals surface area contributed by atoms with Crippen molar-refractivity contribution in [2.24, 2.45) is 5.73 Å². The van der Waals surface area contributed by atoms with Crippen molar-refractivity contribution in [2.75, 3.05) is 5.32 Å². The van der Waals surface area contributed by atoms with Gasteiger partial charge in [0.25, 0.3) is 0 Å².